The topological polar surface area (TPSA) is 64.7 Å². The number of benzene rings is 3. The van der Waals surface area contributed by atoms with Crippen LogP contribution in [0.1, 0.15) is 20.7 Å². The van der Waals surface area contributed by atoms with Crippen LogP contribution >= 0.6 is 23.8 Å². The third kappa shape index (κ3) is 5.69. The lowest BCUT2D eigenvalue weighted by Gasteiger charge is -2.37. The molecule has 1 aliphatic heterocycles. The largest absolute Gasteiger partial charge is 0.366 e. The average molecular weight is 479 g/mol. The van der Waals surface area contributed by atoms with Gasteiger partial charge in [-0.2, -0.15) is 0 Å². The van der Waals surface area contributed by atoms with Gasteiger partial charge in [-0.3, -0.25) is 14.9 Å². The fourth-order valence-corrected chi connectivity index (χ4v) is 4.03. The van der Waals surface area contributed by atoms with Crippen molar-refractivity contribution >= 4 is 52.1 Å². The molecule has 0 atom stereocenters. The SMILES string of the molecule is O=C(NC(=S)Nc1ccccc1N1CCN(C(=O)c2ccccc2)CC1)c1ccc(Cl)cc1. The lowest BCUT2D eigenvalue weighted by molar-refractivity contribution is 0.0746. The molecule has 0 saturated carbocycles. The lowest BCUT2D eigenvalue weighted by Crippen LogP contribution is -2.49. The van der Waals surface area contributed by atoms with Crippen molar-refractivity contribution in [3.63, 3.8) is 0 Å². The van der Waals surface area contributed by atoms with Crippen LogP contribution in [-0.2, 0) is 0 Å². The highest BCUT2D eigenvalue weighted by Gasteiger charge is 2.23. The Labute approximate surface area is 203 Å². The van der Waals surface area contributed by atoms with Crippen LogP contribution in [0.4, 0.5) is 11.4 Å². The molecule has 1 saturated heterocycles. The van der Waals surface area contributed by atoms with E-state index in [4.69, 9.17) is 23.8 Å². The minimum absolute atomic E-state index is 0.0488. The third-order valence-electron chi connectivity index (χ3n) is 5.41. The molecule has 3 aromatic carbocycles. The third-order valence-corrected chi connectivity index (χ3v) is 5.87. The Morgan fingerprint density at radius 3 is 2.12 bits per heavy atom. The number of piperazine rings is 1. The maximum atomic E-state index is 12.7. The molecule has 0 radical (unpaired) electrons. The Bertz CT molecular complexity index is 1150. The molecule has 0 spiro atoms. The number of anilines is 2. The van der Waals surface area contributed by atoms with Gasteiger partial charge in [-0.15, -0.1) is 0 Å². The van der Waals surface area contributed by atoms with Crippen LogP contribution < -0.4 is 15.5 Å². The van der Waals surface area contributed by atoms with Gasteiger partial charge in [0.05, 0.1) is 11.4 Å². The van der Waals surface area contributed by atoms with Crippen molar-refractivity contribution in [1.82, 2.24) is 10.2 Å². The number of carbonyl (C=O) groups excluding carboxylic acids is 2. The fourth-order valence-electron chi connectivity index (χ4n) is 3.70. The highest BCUT2D eigenvalue weighted by molar-refractivity contribution is 7.80. The number of thiocarbonyl (C=S) groups is 1. The number of nitrogens with zero attached hydrogens (tertiary/aromatic N) is 2. The summed E-state index contributed by atoms with van der Waals surface area (Å²) in [6, 6.07) is 23.7. The van der Waals surface area contributed by atoms with Gasteiger partial charge in [0.1, 0.15) is 0 Å². The summed E-state index contributed by atoms with van der Waals surface area (Å²) in [6.45, 7) is 2.64. The quantitative estimate of drug-likeness (QED) is 0.543. The van der Waals surface area contributed by atoms with E-state index in [1.165, 1.54) is 0 Å². The molecule has 8 heteroatoms. The average Bonchev–Trinajstić information content (AvgIpc) is 2.85. The molecule has 3 aromatic rings. The zero-order valence-corrected chi connectivity index (χ0v) is 19.4. The second-order valence-corrected chi connectivity index (χ2v) is 8.42. The first kappa shape index (κ1) is 22.8. The van der Waals surface area contributed by atoms with Gasteiger partial charge in [0.2, 0.25) is 0 Å². The lowest BCUT2D eigenvalue weighted by atomic mass is 10.1. The van der Waals surface area contributed by atoms with Gasteiger partial charge in [0, 0.05) is 42.3 Å². The summed E-state index contributed by atoms with van der Waals surface area (Å²) in [5.41, 5.74) is 2.93. The minimum atomic E-state index is -0.310. The molecule has 33 heavy (non-hydrogen) atoms. The second-order valence-electron chi connectivity index (χ2n) is 7.58. The van der Waals surface area contributed by atoms with Crippen LogP contribution in [0, 0.1) is 0 Å². The summed E-state index contributed by atoms with van der Waals surface area (Å²) in [5.74, 6) is -0.262. The smallest absolute Gasteiger partial charge is 0.257 e. The summed E-state index contributed by atoms with van der Waals surface area (Å²) in [5, 5.41) is 6.60. The van der Waals surface area contributed by atoms with E-state index < -0.39 is 0 Å². The van der Waals surface area contributed by atoms with Crippen molar-refractivity contribution in [2.45, 2.75) is 0 Å². The molecule has 2 N–H and O–H groups in total. The highest BCUT2D eigenvalue weighted by atomic mass is 35.5. The van der Waals surface area contributed by atoms with Crippen LogP contribution in [-0.4, -0.2) is 48.0 Å². The van der Waals surface area contributed by atoms with Crippen molar-refractivity contribution in [3.8, 4) is 0 Å². The van der Waals surface area contributed by atoms with E-state index in [0.717, 1.165) is 11.4 Å². The van der Waals surface area contributed by atoms with Gasteiger partial charge in [0.25, 0.3) is 11.8 Å². The Hall–Kier alpha value is -3.42. The molecule has 0 aromatic heterocycles. The van der Waals surface area contributed by atoms with Crippen molar-refractivity contribution in [1.29, 1.82) is 0 Å². The van der Waals surface area contributed by atoms with Crippen molar-refractivity contribution in [2.75, 3.05) is 36.4 Å². The van der Waals surface area contributed by atoms with E-state index >= 15 is 0 Å². The summed E-state index contributed by atoms with van der Waals surface area (Å²) in [4.78, 5) is 29.2. The van der Waals surface area contributed by atoms with Gasteiger partial charge in [-0.05, 0) is 60.7 Å². The summed E-state index contributed by atoms with van der Waals surface area (Å²) < 4.78 is 0. The molecule has 1 heterocycles. The molecule has 0 aliphatic carbocycles. The first-order chi connectivity index (χ1) is 16.0. The van der Waals surface area contributed by atoms with Gasteiger partial charge in [-0.1, -0.05) is 41.9 Å². The van der Waals surface area contributed by atoms with Crippen molar-refractivity contribution in [2.24, 2.45) is 0 Å². The predicted molar refractivity (Wildman–Crippen MR) is 136 cm³/mol. The number of hydrogen-bond acceptors (Lipinski definition) is 4. The number of amides is 2. The Balaban J connectivity index is 1.37. The molecule has 2 amide bonds. The predicted octanol–water partition coefficient (Wildman–Crippen LogP) is 4.43. The first-order valence-corrected chi connectivity index (χ1v) is 11.4. The zero-order chi connectivity index (χ0) is 23.2. The normalized spacial score (nSPS) is 13.4. The number of halogens is 1. The van der Waals surface area contributed by atoms with Gasteiger partial charge in [0.15, 0.2) is 5.11 Å². The fraction of sp³-hybridized carbons (Fsp3) is 0.160. The molecular formula is C25H23ClN4O2S. The summed E-state index contributed by atoms with van der Waals surface area (Å²) in [7, 11) is 0. The zero-order valence-electron chi connectivity index (χ0n) is 17.8. The maximum Gasteiger partial charge on any atom is 0.257 e. The first-order valence-electron chi connectivity index (χ1n) is 10.6. The standard InChI is InChI=1S/C25H23ClN4O2S/c26-20-12-10-18(11-13-20)23(31)28-25(33)27-21-8-4-5-9-22(21)29-14-16-30(17-15-29)24(32)19-6-2-1-3-7-19/h1-13H,14-17H2,(H2,27,28,31,33). The monoisotopic (exact) mass is 478 g/mol. The number of para-hydroxylation sites is 2. The molecule has 0 unspecified atom stereocenters. The van der Waals surface area contributed by atoms with Crippen molar-refractivity contribution in [3.05, 3.63) is 95.0 Å². The molecule has 1 fully saturated rings. The molecule has 1 aliphatic rings. The van der Waals surface area contributed by atoms with Gasteiger partial charge < -0.3 is 15.1 Å². The highest BCUT2D eigenvalue weighted by Crippen LogP contribution is 2.27. The molecule has 168 valence electrons. The van der Waals surface area contributed by atoms with Crippen LogP contribution in [0.2, 0.25) is 5.02 Å². The van der Waals surface area contributed by atoms with E-state index in [0.29, 0.717) is 42.3 Å². The molecule has 4 rings (SSSR count). The number of rotatable bonds is 4. The van der Waals surface area contributed by atoms with E-state index in [2.05, 4.69) is 15.5 Å². The van der Waals surface area contributed by atoms with Crippen LogP contribution in [0.5, 0.6) is 0 Å². The molecule has 0 bridgehead atoms. The Morgan fingerprint density at radius 1 is 0.788 bits per heavy atom. The van der Waals surface area contributed by atoms with Crippen LogP contribution in [0.3, 0.4) is 0 Å². The number of hydrogen-bond donors (Lipinski definition) is 2. The summed E-state index contributed by atoms with van der Waals surface area (Å²) >= 11 is 11.2. The minimum Gasteiger partial charge on any atom is -0.366 e. The van der Waals surface area contributed by atoms with Crippen molar-refractivity contribution < 1.29 is 9.59 Å². The van der Waals surface area contributed by atoms with E-state index in [-0.39, 0.29) is 16.9 Å². The molecular weight excluding hydrogens is 456 g/mol. The van der Waals surface area contributed by atoms with Crippen LogP contribution in [0.25, 0.3) is 0 Å². The number of carbonyl (C=O) groups is 2. The Morgan fingerprint density at radius 2 is 1.42 bits per heavy atom. The van der Waals surface area contributed by atoms with Gasteiger partial charge in [-0.25, -0.2) is 0 Å². The van der Waals surface area contributed by atoms with E-state index in [1.54, 1.807) is 24.3 Å². The second kappa shape index (κ2) is 10.5. The molecule has 6 nitrogen and oxygen atoms in total. The van der Waals surface area contributed by atoms with Crippen LogP contribution in [0.15, 0.2) is 78.9 Å². The number of nitrogens with one attached hydrogen (secondary N) is 2. The maximum absolute atomic E-state index is 12.7. The van der Waals surface area contributed by atoms with Gasteiger partial charge >= 0.3 is 0 Å². The van der Waals surface area contributed by atoms with E-state index in [1.807, 2.05) is 59.5 Å². The Kier molecular flexibility index (Phi) is 7.22. The summed E-state index contributed by atoms with van der Waals surface area (Å²) in [6.07, 6.45) is 0. The van der Waals surface area contributed by atoms with E-state index in [9.17, 15) is 9.59 Å².